The summed E-state index contributed by atoms with van der Waals surface area (Å²) in [5.74, 6) is 0.436. The lowest BCUT2D eigenvalue weighted by atomic mass is 10.2. The molecule has 1 saturated heterocycles. The van der Waals surface area contributed by atoms with Crippen LogP contribution in [0, 0.1) is 0 Å². The number of amidine groups is 1. The van der Waals surface area contributed by atoms with Crippen molar-refractivity contribution in [3.8, 4) is 5.75 Å². The van der Waals surface area contributed by atoms with Gasteiger partial charge in [0.25, 0.3) is 11.8 Å². The van der Waals surface area contributed by atoms with Crippen LogP contribution in [-0.2, 0) is 16.1 Å². The van der Waals surface area contributed by atoms with Crippen molar-refractivity contribution in [1.82, 2.24) is 4.90 Å². The molecule has 2 heterocycles. The van der Waals surface area contributed by atoms with E-state index in [2.05, 4.69) is 31.4 Å². The smallest absolute Gasteiger partial charge is 0.267 e. The van der Waals surface area contributed by atoms with E-state index in [-0.39, 0.29) is 25.0 Å². The summed E-state index contributed by atoms with van der Waals surface area (Å²) in [5, 5.41) is 12.2. The van der Waals surface area contributed by atoms with Crippen LogP contribution in [-0.4, -0.2) is 34.7 Å². The fourth-order valence-corrected chi connectivity index (χ4v) is 5.33. The number of hydrogen-bond acceptors (Lipinski definition) is 7. The Morgan fingerprint density at radius 2 is 1.88 bits per heavy atom. The molecule has 216 valence electrons. The van der Waals surface area contributed by atoms with Crippen LogP contribution in [0.3, 0.4) is 0 Å². The van der Waals surface area contributed by atoms with Gasteiger partial charge in [-0.15, -0.1) is 5.10 Å². The highest BCUT2D eigenvalue weighted by Crippen LogP contribution is 2.36. The number of amides is 2. The molecule has 0 radical (unpaired) electrons. The molecule has 1 N–H and O–H groups in total. The molecule has 1 fully saturated rings. The van der Waals surface area contributed by atoms with Crippen molar-refractivity contribution in [3.05, 3.63) is 129 Å². The zero-order chi connectivity index (χ0) is 30.0. The highest BCUT2D eigenvalue weighted by Gasteiger charge is 2.34. The molecule has 1 aromatic heterocycles. The number of nitrogens with one attached hydrogen (secondary N) is 1. The molecule has 43 heavy (non-hydrogen) atoms. The number of rotatable bonds is 10. The number of nitrogens with zero attached hydrogens (tertiary/aromatic N) is 3. The zero-order valence-electron chi connectivity index (χ0n) is 22.5. The van der Waals surface area contributed by atoms with E-state index in [0.29, 0.717) is 37.9 Å². The summed E-state index contributed by atoms with van der Waals surface area (Å²) in [5.41, 5.74) is 2.25. The highest BCUT2D eigenvalue weighted by atomic mass is 79.9. The van der Waals surface area contributed by atoms with Gasteiger partial charge in [0.2, 0.25) is 0 Å². The molecule has 0 saturated carbocycles. The summed E-state index contributed by atoms with van der Waals surface area (Å²) in [6, 6.07) is 25.5. The lowest BCUT2D eigenvalue weighted by molar-refractivity contribution is -0.122. The van der Waals surface area contributed by atoms with Crippen molar-refractivity contribution in [1.29, 1.82) is 0 Å². The minimum absolute atomic E-state index is 0.192. The number of halogens is 2. The Morgan fingerprint density at radius 1 is 1.07 bits per heavy atom. The Hall–Kier alpha value is -4.38. The third-order valence-electron chi connectivity index (χ3n) is 5.91. The number of carbonyl (C=O) groups is 2. The molecule has 0 spiro atoms. The van der Waals surface area contributed by atoms with Crippen LogP contribution in [0.15, 0.2) is 121 Å². The fraction of sp³-hybridized carbons (Fsp3) is 0.0625. The summed E-state index contributed by atoms with van der Waals surface area (Å²) in [7, 11) is 0. The van der Waals surface area contributed by atoms with Gasteiger partial charge in [-0.1, -0.05) is 63.9 Å². The molecular weight excluding hydrogens is 652 g/mol. The molecule has 0 aliphatic carbocycles. The Labute approximate surface area is 265 Å². The second-order valence-corrected chi connectivity index (χ2v) is 11.4. The third-order valence-corrected chi connectivity index (χ3v) is 7.65. The molecule has 2 amide bonds. The number of carbonyl (C=O) groups excluding carboxylic acids is 2. The van der Waals surface area contributed by atoms with Crippen LogP contribution in [0.5, 0.6) is 5.75 Å². The molecule has 1 aliphatic heterocycles. The maximum absolute atomic E-state index is 13.5. The number of benzene rings is 3. The van der Waals surface area contributed by atoms with E-state index in [4.69, 9.17) is 20.8 Å². The van der Waals surface area contributed by atoms with Gasteiger partial charge in [-0.05, 0) is 84.1 Å². The van der Waals surface area contributed by atoms with Crippen molar-refractivity contribution in [2.24, 2.45) is 10.2 Å². The average Bonchev–Trinajstić information content (AvgIpc) is 3.62. The van der Waals surface area contributed by atoms with Crippen molar-refractivity contribution in [2.75, 3.05) is 11.9 Å². The van der Waals surface area contributed by atoms with Gasteiger partial charge in [0.05, 0.1) is 17.7 Å². The van der Waals surface area contributed by atoms with E-state index < -0.39 is 0 Å². The number of ether oxygens (including phenoxy) is 1. The van der Waals surface area contributed by atoms with Gasteiger partial charge in [0.1, 0.15) is 11.5 Å². The zero-order valence-corrected chi connectivity index (χ0v) is 25.7. The summed E-state index contributed by atoms with van der Waals surface area (Å²) in [6.45, 7) is -0.0405. The first-order chi connectivity index (χ1) is 20.9. The number of thioether (sulfide) groups is 1. The summed E-state index contributed by atoms with van der Waals surface area (Å²) >= 11 is 10.6. The molecule has 4 aromatic rings. The molecular formula is C32H24BrClN4O4S. The largest absolute Gasteiger partial charge is 0.483 e. The van der Waals surface area contributed by atoms with Crippen LogP contribution in [0.25, 0.3) is 12.2 Å². The van der Waals surface area contributed by atoms with Crippen molar-refractivity contribution in [2.45, 2.75) is 6.54 Å². The minimum atomic E-state index is -0.339. The predicted octanol–water partition coefficient (Wildman–Crippen LogP) is 7.88. The van der Waals surface area contributed by atoms with Gasteiger partial charge in [-0.3, -0.25) is 14.5 Å². The molecule has 3 aromatic carbocycles. The van der Waals surface area contributed by atoms with E-state index in [1.165, 1.54) is 16.7 Å². The quantitative estimate of drug-likeness (QED) is 0.105. The molecule has 0 atom stereocenters. The molecule has 5 rings (SSSR count). The lowest BCUT2D eigenvalue weighted by Gasteiger charge is -2.13. The van der Waals surface area contributed by atoms with E-state index in [0.717, 1.165) is 10.0 Å². The monoisotopic (exact) mass is 674 g/mol. The van der Waals surface area contributed by atoms with Crippen molar-refractivity contribution < 1.29 is 18.7 Å². The molecule has 8 nitrogen and oxygen atoms in total. The molecule has 1 aliphatic rings. The van der Waals surface area contributed by atoms with E-state index in [1.54, 1.807) is 73.2 Å². The first kappa shape index (κ1) is 30.1. The van der Waals surface area contributed by atoms with Gasteiger partial charge in [0, 0.05) is 27.0 Å². The van der Waals surface area contributed by atoms with Crippen LogP contribution in [0.2, 0.25) is 5.02 Å². The van der Waals surface area contributed by atoms with Gasteiger partial charge >= 0.3 is 0 Å². The predicted molar refractivity (Wildman–Crippen MR) is 176 cm³/mol. The van der Waals surface area contributed by atoms with Crippen LogP contribution >= 0.6 is 39.3 Å². The first-order valence-corrected chi connectivity index (χ1v) is 15.0. The maximum atomic E-state index is 13.5. The van der Waals surface area contributed by atoms with E-state index >= 15 is 0 Å². The normalized spacial score (nSPS) is 15.3. The van der Waals surface area contributed by atoms with Crippen molar-refractivity contribution in [3.63, 3.8) is 0 Å². The molecule has 11 heteroatoms. The topological polar surface area (TPSA) is 96.5 Å². The minimum Gasteiger partial charge on any atom is -0.483 e. The fourth-order valence-electron chi connectivity index (χ4n) is 3.90. The Kier molecular flexibility index (Phi) is 10.3. The second kappa shape index (κ2) is 14.7. The second-order valence-electron chi connectivity index (χ2n) is 9.02. The third kappa shape index (κ3) is 8.57. The van der Waals surface area contributed by atoms with Gasteiger partial charge in [0.15, 0.2) is 11.8 Å². The molecule has 0 bridgehead atoms. The number of hydrogen-bond donors (Lipinski definition) is 1. The highest BCUT2D eigenvalue weighted by molar-refractivity contribution is 9.10. The van der Waals surface area contributed by atoms with Crippen LogP contribution in [0.4, 0.5) is 5.69 Å². The lowest BCUT2D eigenvalue weighted by Crippen LogP contribution is -2.28. The number of anilines is 1. The van der Waals surface area contributed by atoms with Gasteiger partial charge in [-0.2, -0.15) is 5.10 Å². The summed E-state index contributed by atoms with van der Waals surface area (Å²) in [6.07, 6.45) is 8.51. The van der Waals surface area contributed by atoms with Crippen LogP contribution in [0.1, 0.15) is 16.9 Å². The summed E-state index contributed by atoms with van der Waals surface area (Å²) in [4.78, 5) is 28.0. The average molecular weight is 676 g/mol. The van der Waals surface area contributed by atoms with E-state index in [1.807, 2.05) is 42.5 Å². The number of allylic oxidation sites excluding steroid dienone is 1. The molecule has 0 unspecified atom stereocenters. The first-order valence-electron chi connectivity index (χ1n) is 13.0. The maximum Gasteiger partial charge on any atom is 0.267 e. The van der Waals surface area contributed by atoms with Gasteiger partial charge < -0.3 is 14.5 Å². The SMILES string of the molecule is O=C(COc1ccc(Br)cc1/C=C1\S\C(=N/N=C/C=C/c2ccccc2)N(Cc2ccco2)C1=O)Nc1ccc(Cl)cc1. The van der Waals surface area contributed by atoms with E-state index in [9.17, 15) is 9.59 Å². The Morgan fingerprint density at radius 3 is 2.65 bits per heavy atom. The van der Waals surface area contributed by atoms with Crippen LogP contribution < -0.4 is 10.1 Å². The number of furan rings is 1. The Bertz CT molecular complexity index is 1710. The van der Waals surface area contributed by atoms with Gasteiger partial charge in [-0.25, -0.2) is 0 Å². The van der Waals surface area contributed by atoms with Crippen molar-refractivity contribution >= 4 is 80.3 Å². The Balaban J connectivity index is 1.33. The standard InChI is InChI=1S/C32H24BrClN4O4S/c33-24-10-15-28(42-21-30(39)36-26-13-11-25(34)12-14-26)23(18-24)19-29-31(40)38(20-27-9-5-17-41-27)32(43-29)37-35-16-4-8-22-6-2-1-3-7-22/h1-19H,20-21H2,(H,36,39)/b8-4+,29-19-,35-16+,37-32-. The summed E-state index contributed by atoms with van der Waals surface area (Å²) < 4.78 is 12.1.